The van der Waals surface area contributed by atoms with Crippen LogP contribution in [0.5, 0.6) is 5.75 Å². The molecular weight excluding hydrogens is 270 g/mol. The summed E-state index contributed by atoms with van der Waals surface area (Å²) in [4.78, 5) is 11.4. The first-order chi connectivity index (χ1) is 10.3. The number of benzene rings is 1. The van der Waals surface area contributed by atoms with Crippen LogP contribution in [0.25, 0.3) is 28.2 Å². The Morgan fingerprint density at radius 3 is 2.76 bits per heavy atom. The minimum atomic E-state index is 0.303. The standard InChI is InChI=1S/C13H11N7O/c1-21-8-4-2-7(3-5-8)11-18-19-12-9-10(16-6-15-9)17-13(14)20(11)12/h2-6H,1H3,(H2,14,17)(H,15,16). The van der Waals surface area contributed by atoms with Crippen LogP contribution in [-0.2, 0) is 0 Å². The number of aromatic amines is 1. The van der Waals surface area contributed by atoms with Gasteiger partial charge in [-0.1, -0.05) is 0 Å². The summed E-state index contributed by atoms with van der Waals surface area (Å²) in [5.74, 6) is 1.69. The van der Waals surface area contributed by atoms with Crippen LogP contribution in [0, 0.1) is 0 Å². The van der Waals surface area contributed by atoms with Crippen molar-refractivity contribution in [3.05, 3.63) is 30.6 Å². The second kappa shape index (κ2) is 4.17. The number of nitrogens with zero attached hydrogens (tertiary/aromatic N) is 5. The second-order valence-electron chi connectivity index (χ2n) is 4.48. The summed E-state index contributed by atoms with van der Waals surface area (Å²) in [5.41, 5.74) is 8.69. The zero-order valence-corrected chi connectivity index (χ0v) is 11.1. The van der Waals surface area contributed by atoms with Gasteiger partial charge in [0.05, 0.1) is 13.4 Å². The van der Waals surface area contributed by atoms with Gasteiger partial charge in [-0.3, -0.25) is 0 Å². The number of fused-ring (bicyclic) bond motifs is 3. The van der Waals surface area contributed by atoms with Crippen molar-refractivity contribution in [1.29, 1.82) is 0 Å². The van der Waals surface area contributed by atoms with E-state index in [-0.39, 0.29) is 0 Å². The SMILES string of the molecule is COc1ccc(-c2nnc3c4nc[nH]c4nc(N)n23)cc1. The van der Waals surface area contributed by atoms with Crippen molar-refractivity contribution >= 4 is 22.8 Å². The van der Waals surface area contributed by atoms with Gasteiger partial charge in [-0.2, -0.15) is 4.98 Å². The Bertz CT molecular complexity index is 938. The maximum Gasteiger partial charge on any atom is 0.209 e. The average molecular weight is 281 g/mol. The molecule has 4 aromatic rings. The predicted octanol–water partition coefficient (Wildman–Crippen LogP) is 1.26. The Kier molecular flexibility index (Phi) is 2.31. The van der Waals surface area contributed by atoms with Crippen LogP contribution in [0.2, 0.25) is 0 Å². The molecule has 4 rings (SSSR count). The molecule has 0 bridgehead atoms. The van der Waals surface area contributed by atoms with Gasteiger partial charge < -0.3 is 15.5 Å². The number of hydrogen-bond donors (Lipinski definition) is 2. The Morgan fingerprint density at radius 1 is 1.19 bits per heavy atom. The van der Waals surface area contributed by atoms with Gasteiger partial charge in [0.15, 0.2) is 22.6 Å². The number of nitrogen functional groups attached to an aromatic ring is 1. The Morgan fingerprint density at radius 2 is 2.00 bits per heavy atom. The largest absolute Gasteiger partial charge is 0.497 e. The summed E-state index contributed by atoms with van der Waals surface area (Å²) in [6, 6.07) is 7.49. The molecule has 3 N–H and O–H groups in total. The molecule has 0 unspecified atom stereocenters. The van der Waals surface area contributed by atoms with Gasteiger partial charge in [-0.05, 0) is 24.3 Å². The molecule has 21 heavy (non-hydrogen) atoms. The van der Waals surface area contributed by atoms with Crippen LogP contribution < -0.4 is 10.5 Å². The highest BCUT2D eigenvalue weighted by atomic mass is 16.5. The topological polar surface area (TPSA) is 107 Å². The van der Waals surface area contributed by atoms with E-state index in [9.17, 15) is 0 Å². The summed E-state index contributed by atoms with van der Waals surface area (Å²) < 4.78 is 6.84. The third-order valence-electron chi connectivity index (χ3n) is 3.30. The van der Waals surface area contributed by atoms with E-state index in [1.54, 1.807) is 17.8 Å². The zero-order valence-electron chi connectivity index (χ0n) is 11.1. The lowest BCUT2D eigenvalue weighted by Gasteiger charge is -2.04. The molecule has 0 aliphatic carbocycles. The molecule has 104 valence electrons. The molecule has 0 radical (unpaired) electrons. The smallest absolute Gasteiger partial charge is 0.209 e. The fourth-order valence-corrected chi connectivity index (χ4v) is 2.28. The van der Waals surface area contributed by atoms with Crippen LogP contribution in [0.4, 0.5) is 5.95 Å². The first-order valence-electron chi connectivity index (χ1n) is 6.26. The minimum absolute atomic E-state index is 0.303. The first-order valence-corrected chi connectivity index (χ1v) is 6.26. The van der Waals surface area contributed by atoms with Crippen molar-refractivity contribution in [2.45, 2.75) is 0 Å². The van der Waals surface area contributed by atoms with Crippen LogP contribution >= 0.6 is 0 Å². The van der Waals surface area contributed by atoms with Crippen LogP contribution in [0.1, 0.15) is 0 Å². The monoisotopic (exact) mass is 281 g/mol. The molecule has 0 spiro atoms. The molecule has 0 atom stereocenters. The third kappa shape index (κ3) is 1.62. The number of rotatable bonds is 2. The van der Waals surface area contributed by atoms with Gasteiger partial charge in [-0.25, -0.2) is 9.38 Å². The molecule has 0 aliphatic rings. The number of hydrogen-bond acceptors (Lipinski definition) is 6. The lowest BCUT2D eigenvalue weighted by molar-refractivity contribution is 0.415. The van der Waals surface area contributed by atoms with Crippen LogP contribution in [0.3, 0.4) is 0 Å². The molecule has 0 saturated carbocycles. The van der Waals surface area contributed by atoms with Crippen molar-refractivity contribution in [2.24, 2.45) is 0 Å². The second-order valence-corrected chi connectivity index (χ2v) is 4.48. The fourth-order valence-electron chi connectivity index (χ4n) is 2.28. The molecule has 1 aromatic carbocycles. The van der Waals surface area contributed by atoms with Gasteiger partial charge >= 0.3 is 0 Å². The Balaban J connectivity index is 2.00. The van der Waals surface area contributed by atoms with Gasteiger partial charge in [0.1, 0.15) is 5.75 Å². The summed E-state index contributed by atoms with van der Waals surface area (Å²) in [6.45, 7) is 0. The summed E-state index contributed by atoms with van der Waals surface area (Å²) in [5, 5.41) is 8.39. The van der Waals surface area contributed by atoms with Crippen molar-refractivity contribution < 1.29 is 4.74 Å². The number of anilines is 1. The van der Waals surface area contributed by atoms with Gasteiger partial charge in [-0.15, -0.1) is 10.2 Å². The highest BCUT2D eigenvalue weighted by molar-refractivity contribution is 5.87. The average Bonchev–Trinajstić information content (AvgIpc) is 3.13. The van der Waals surface area contributed by atoms with E-state index < -0.39 is 0 Å². The number of nitrogens with one attached hydrogen (secondary N) is 1. The number of methoxy groups -OCH3 is 1. The maximum atomic E-state index is 6.02. The molecule has 0 fully saturated rings. The van der Waals surface area contributed by atoms with Crippen molar-refractivity contribution in [2.75, 3.05) is 12.8 Å². The summed E-state index contributed by atoms with van der Waals surface area (Å²) >= 11 is 0. The van der Waals surface area contributed by atoms with E-state index in [2.05, 4.69) is 25.1 Å². The quantitative estimate of drug-likeness (QED) is 0.572. The lowest BCUT2D eigenvalue weighted by Crippen LogP contribution is -2.02. The molecule has 3 aromatic heterocycles. The van der Waals surface area contributed by atoms with E-state index in [4.69, 9.17) is 10.5 Å². The predicted molar refractivity (Wildman–Crippen MR) is 76.8 cm³/mol. The Hall–Kier alpha value is -3.16. The third-order valence-corrected chi connectivity index (χ3v) is 3.30. The number of ether oxygens (including phenoxy) is 1. The van der Waals surface area contributed by atoms with Crippen molar-refractivity contribution in [1.82, 2.24) is 29.5 Å². The number of H-pyrrole nitrogens is 1. The van der Waals surface area contributed by atoms with E-state index in [1.807, 2.05) is 24.3 Å². The first kappa shape index (κ1) is 11.6. The molecule has 0 aliphatic heterocycles. The lowest BCUT2D eigenvalue weighted by atomic mass is 10.2. The van der Waals surface area contributed by atoms with Crippen molar-refractivity contribution in [3.63, 3.8) is 0 Å². The summed E-state index contributed by atoms with van der Waals surface area (Å²) in [7, 11) is 1.62. The molecule has 3 heterocycles. The van der Waals surface area contributed by atoms with E-state index >= 15 is 0 Å². The van der Waals surface area contributed by atoms with Gasteiger partial charge in [0, 0.05) is 5.56 Å². The molecule has 0 amide bonds. The highest BCUT2D eigenvalue weighted by Gasteiger charge is 2.16. The van der Waals surface area contributed by atoms with Crippen LogP contribution in [-0.4, -0.2) is 36.7 Å². The van der Waals surface area contributed by atoms with Gasteiger partial charge in [0.2, 0.25) is 5.95 Å². The highest BCUT2D eigenvalue weighted by Crippen LogP contribution is 2.25. The maximum absolute atomic E-state index is 6.02. The normalized spacial score (nSPS) is 11.3. The molecular formula is C13H11N7O. The molecule has 8 heteroatoms. The van der Waals surface area contributed by atoms with Crippen LogP contribution in [0.15, 0.2) is 30.6 Å². The number of nitrogens with two attached hydrogens (primary N) is 1. The van der Waals surface area contributed by atoms with E-state index in [0.717, 1.165) is 11.3 Å². The molecule has 0 saturated heterocycles. The number of imidazole rings is 1. The molecule has 8 nitrogen and oxygen atoms in total. The number of aromatic nitrogens is 6. The van der Waals surface area contributed by atoms with Crippen molar-refractivity contribution in [3.8, 4) is 17.1 Å². The Labute approximate surface area is 118 Å². The van der Waals surface area contributed by atoms with E-state index in [1.165, 1.54) is 0 Å². The van der Waals surface area contributed by atoms with Gasteiger partial charge in [0.25, 0.3) is 0 Å². The minimum Gasteiger partial charge on any atom is -0.497 e. The fraction of sp³-hybridized carbons (Fsp3) is 0.0769. The van der Waals surface area contributed by atoms with E-state index in [0.29, 0.717) is 28.6 Å². The zero-order chi connectivity index (χ0) is 14.4. The summed E-state index contributed by atoms with van der Waals surface area (Å²) in [6.07, 6.45) is 1.55.